The maximum Gasteiger partial charge on any atom is 0.335 e. The van der Waals surface area contributed by atoms with Crippen LogP contribution in [0.2, 0.25) is 0 Å². The van der Waals surface area contributed by atoms with Crippen molar-refractivity contribution in [1.82, 2.24) is 9.88 Å². The standard InChI is InChI=1S/C30H24N2O3.C2H6/c33-29(31-19-21-7-2-1-3-8-21)24-13-14-28-23(18-24)15-16-32(28)20-26-9-4-5-12-27(26)22-10-6-11-25(17-22)30(34)35;1-2/h1-18H,19-20H2,(H,31,33)(H,34,35);1-2H3. The van der Waals surface area contributed by atoms with E-state index < -0.39 is 5.97 Å². The van der Waals surface area contributed by atoms with Crippen molar-refractivity contribution in [3.63, 3.8) is 0 Å². The fraction of sp³-hybridized carbons (Fsp3) is 0.125. The number of aromatic nitrogens is 1. The summed E-state index contributed by atoms with van der Waals surface area (Å²) in [5.74, 6) is -1.04. The minimum absolute atomic E-state index is 0.104. The van der Waals surface area contributed by atoms with Crippen LogP contribution >= 0.6 is 0 Å². The van der Waals surface area contributed by atoms with E-state index in [9.17, 15) is 14.7 Å². The number of carbonyl (C=O) groups excluding carboxylic acids is 1. The highest BCUT2D eigenvalue weighted by atomic mass is 16.4. The zero-order chi connectivity index (χ0) is 26.2. The fourth-order valence-electron chi connectivity index (χ4n) is 4.30. The van der Waals surface area contributed by atoms with Gasteiger partial charge in [-0.05, 0) is 58.7 Å². The number of benzene rings is 4. The van der Waals surface area contributed by atoms with Crippen molar-refractivity contribution in [2.45, 2.75) is 26.9 Å². The van der Waals surface area contributed by atoms with Gasteiger partial charge in [0.25, 0.3) is 5.91 Å². The lowest BCUT2D eigenvalue weighted by molar-refractivity contribution is 0.0696. The van der Waals surface area contributed by atoms with Crippen LogP contribution in [0.25, 0.3) is 22.0 Å². The van der Waals surface area contributed by atoms with Crippen molar-refractivity contribution >= 4 is 22.8 Å². The summed E-state index contributed by atoms with van der Waals surface area (Å²) < 4.78 is 2.14. The Hall–Kier alpha value is -4.64. The van der Waals surface area contributed by atoms with Crippen LogP contribution in [-0.2, 0) is 13.1 Å². The van der Waals surface area contributed by atoms with Crippen LogP contribution in [0.5, 0.6) is 0 Å². The third kappa shape index (κ3) is 5.96. The molecule has 0 aliphatic heterocycles. The highest BCUT2D eigenvalue weighted by Crippen LogP contribution is 2.27. The van der Waals surface area contributed by atoms with Gasteiger partial charge in [0.2, 0.25) is 0 Å². The summed E-state index contributed by atoms with van der Waals surface area (Å²) in [6.07, 6.45) is 2.01. The Bertz CT molecular complexity index is 1520. The van der Waals surface area contributed by atoms with Crippen molar-refractivity contribution in [3.8, 4) is 11.1 Å². The first kappa shape index (κ1) is 25.5. The molecule has 0 aliphatic carbocycles. The van der Waals surface area contributed by atoms with Gasteiger partial charge in [-0.25, -0.2) is 4.79 Å². The molecule has 5 nitrogen and oxygen atoms in total. The summed E-state index contributed by atoms with van der Waals surface area (Å²) in [5, 5.41) is 13.3. The number of carbonyl (C=O) groups is 2. The van der Waals surface area contributed by atoms with Gasteiger partial charge in [0.05, 0.1) is 5.56 Å². The number of rotatable bonds is 7. The van der Waals surface area contributed by atoms with Crippen LogP contribution in [0.4, 0.5) is 0 Å². The van der Waals surface area contributed by atoms with E-state index in [0.29, 0.717) is 18.7 Å². The van der Waals surface area contributed by atoms with Crippen LogP contribution in [0.1, 0.15) is 45.7 Å². The van der Waals surface area contributed by atoms with Crippen LogP contribution in [0, 0.1) is 0 Å². The lowest BCUT2D eigenvalue weighted by Gasteiger charge is -2.13. The predicted molar refractivity (Wildman–Crippen MR) is 149 cm³/mol. The van der Waals surface area contributed by atoms with E-state index in [1.165, 1.54) is 0 Å². The molecular weight excluding hydrogens is 460 g/mol. The quantitative estimate of drug-likeness (QED) is 0.258. The van der Waals surface area contributed by atoms with Gasteiger partial charge >= 0.3 is 5.97 Å². The van der Waals surface area contributed by atoms with E-state index >= 15 is 0 Å². The number of aromatic carboxylic acids is 1. The Kier molecular flexibility index (Phi) is 8.16. The van der Waals surface area contributed by atoms with Crippen molar-refractivity contribution < 1.29 is 14.7 Å². The van der Waals surface area contributed by atoms with Gasteiger partial charge in [0, 0.05) is 35.8 Å². The number of hydrogen-bond donors (Lipinski definition) is 2. The molecule has 5 heteroatoms. The second-order valence-electron chi connectivity index (χ2n) is 8.43. The van der Waals surface area contributed by atoms with Gasteiger partial charge < -0.3 is 15.0 Å². The van der Waals surface area contributed by atoms with Crippen LogP contribution in [-0.4, -0.2) is 21.6 Å². The largest absolute Gasteiger partial charge is 0.478 e. The molecule has 0 aliphatic rings. The molecule has 0 fully saturated rings. The van der Waals surface area contributed by atoms with E-state index in [4.69, 9.17) is 0 Å². The molecule has 2 N–H and O–H groups in total. The van der Waals surface area contributed by atoms with E-state index in [2.05, 4.69) is 16.0 Å². The molecule has 186 valence electrons. The third-order valence-corrected chi connectivity index (χ3v) is 6.11. The maximum atomic E-state index is 12.7. The Labute approximate surface area is 217 Å². The summed E-state index contributed by atoms with van der Waals surface area (Å²) in [6, 6.07) is 32.6. The third-order valence-electron chi connectivity index (χ3n) is 6.11. The Morgan fingerprint density at radius 1 is 0.784 bits per heavy atom. The number of hydrogen-bond acceptors (Lipinski definition) is 2. The summed E-state index contributed by atoms with van der Waals surface area (Å²) >= 11 is 0. The summed E-state index contributed by atoms with van der Waals surface area (Å²) in [7, 11) is 0. The Balaban J connectivity index is 0.00000156. The Morgan fingerprint density at radius 3 is 2.32 bits per heavy atom. The summed E-state index contributed by atoms with van der Waals surface area (Å²) in [6.45, 7) is 5.11. The molecular formula is C32H30N2O3. The lowest BCUT2D eigenvalue weighted by Crippen LogP contribution is -2.22. The predicted octanol–water partition coefficient (Wildman–Crippen LogP) is 7.01. The zero-order valence-corrected chi connectivity index (χ0v) is 21.0. The van der Waals surface area contributed by atoms with Crippen molar-refractivity contribution in [2.24, 2.45) is 0 Å². The molecule has 1 amide bonds. The Morgan fingerprint density at radius 2 is 1.54 bits per heavy atom. The maximum absolute atomic E-state index is 12.7. The average Bonchev–Trinajstić information content (AvgIpc) is 3.35. The molecule has 5 aromatic rings. The molecule has 0 saturated carbocycles. The number of carboxylic acids is 1. The van der Waals surface area contributed by atoms with Gasteiger partial charge in [-0.1, -0.05) is 80.6 Å². The van der Waals surface area contributed by atoms with Crippen molar-refractivity contribution in [3.05, 3.63) is 132 Å². The second-order valence-corrected chi connectivity index (χ2v) is 8.43. The number of amides is 1. The first-order valence-corrected chi connectivity index (χ1v) is 12.4. The van der Waals surface area contributed by atoms with E-state index in [1.54, 1.807) is 18.2 Å². The van der Waals surface area contributed by atoms with Crippen LogP contribution in [0.3, 0.4) is 0 Å². The molecule has 1 aromatic heterocycles. The highest BCUT2D eigenvalue weighted by molar-refractivity contribution is 5.98. The molecule has 37 heavy (non-hydrogen) atoms. The van der Waals surface area contributed by atoms with Gasteiger partial charge in [0.1, 0.15) is 0 Å². The molecule has 0 unspecified atom stereocenters. The molecule has 0 spiro atoms. The lowest BCUT2D eigenvalue weighted by atomic mass is 9.98. The number of carboxylic acid groups (broad SMARTS) is 1. The molecule has 0 saturated heterocycles. The molecule has 0 radical (unpaired) electrons. The summed E-state index contributed by atoms with van der Waals surface area (Å²) in [5.41, 5.74) is 5.92. The first-order chi connectivity index (χ1) is 18.1. The van der Waals surface area contributed by atoms with Gasteiger partial charge in [0.15, 0.2) is 0 Å². The van der Waals surface area contributed by atoms with E-state index in [-0.39, 0.29) is 11.5 Å². The van der Waals surface area contributed by atoms with Crippen molar-refractivity contribution in [2.75, 3.05) is 0 Å². The van der Waals surface area contributed by atoms with Gasteiger partial charge in [-0.15, -0.1) is 0 Å². The number of fused-ring (bicyclic) bond motifs is 1. The second kappa shape index (κ2) is 11.9. The molecule has 1 heterocycles. The molecule has 5 rings (SSSR count). The fourth-order valence-corrected chi connectivity index (χ4v) is 4.30. The van der Waals surface area contributed by atoms with E-state index in [1.807, 2.05) is 98.9 Å². The number of nitrogens with one attached hydrogen (secondary N) is 1. The summed E-state index contributed by atoms with van der Waals surface area (Å²) in [4.78, 5) is 24.1. The topological polar surface area (TPSA) is 71.3 Å². The average molecular weight is 491 g/mol. The minimum atomic E-state index is -0.940. The van der Waals surface area contributed by atoms with E-state index in [0.717, 1.165) is 33.2 Å². The van der Waals surface area contributed by atoms with Crippen LogP contribution in [0.15, 0.2) is 109 Å². The SMILES string of the molecule is CC.O=C(O)c1cccc(-c2ccccc2Cn2ccc3cc(C(=O)NCc4ccccc4)ccc32)c1. The molecule has 0 atom stereocenters. The van der Waals surface area contributed by atoms with Gasteiger partial charge in [-0.3, -0.25) is 4.79 Å². The minimum Gasteiger partial charge on any atom is -0.478 e. The van der Waals surface area contributed by atoms with Gasteiger partial charge in [-0.2, -0.15) is 0 Å². The monoisotopic (exact) mass is 490 g/mol. The first-order valence-electron chi connectivity index (χ1n) is 12.4. The smallest absolute Gasteiger partial charge is 0.335 e. The van der Waals surface area contributed by atoms with Crippen molar-refractivity contribution in [1.29, 1.82) is 0 Å². The molecule has 4 aromatic carbocycles. The molecule has 0 bridgehead atoms. The number of nitrogens with zero attached hydrogens (tertiary/aromatic N) is 1. The normalized spacial score (nSPS) is 10.4. The highest BCUT2D eigenvalue weighted by Gasteiger charge is 2.12. The van der Waals surface area contributed by atoms with Crippen LogP contribution < -0.4 is 5.32 Å². The zero-order valence-electron chi connectivity index (χ0n) is 21.0.